The second-order valence-corrected chi connectivity index (χ2v) is 4.12. The van der Waals surface area contributed by atoms with Crippen LogP contribution in [-0.4, -0.2) is 32.4 Å². The Morgan fingerprint density at radius 3 is 2.85 bits per heavy atom. The van der Waals surface area contributed by atoms with Crippen LogP contribution in [0.5, 0.6) is 5.88 Å². The molecule has 0 saturated heterocycles. The molecule has 0 spiro atoms. The SMILES string of the molecule is CCNc1c(C)nn(-c2cc(OC(N)=O)ncn2)c1C. The first-order chi connectivity index (χ1) is 9.52. The molecule has 0 aromatic carbocycles. The summed E-state index contributed by atoms with van der Waals surface area (Å²) >= 11 is 0. The summed E-state index contributed by atoms with van der Waals surface area (Å²) in [4.78, 5) is 18.7. The van der Waals surface area contributed by atoms with Crippen molar-refractivity contribution < 1.29 is 9.53 Å². The van der Waals surface area contributed by atoms with Crippen molar-refractivity contribution in [2.45, 2.75) is 20.8 Å². The zero-order valence-electron chi connectivity index (χ0n) is 11.5. The van der Waals surface area contributed by atoms with Gasteiger partial charge in [-0.2, -0.15) is 5.10 Å². The van der Waals surface area contributed by atoms with Crippen molar-refractivity contribution in [3.8, 4) is 11.7 Å². The van der Waals surface area contributed by atoms with Gasteiger partial charge in [0.1, 0.15) is 6.33 Å². The maximum atomic E-state index is 10.7. The van der Waals surface area contributed by atoms with Crippen LogP contribution in [0, 0.1) is 13.8 Å². The van der Waals surface area contributed by atoms with Gasteiger partial charge in [-0.05, 0) is 20.8 Å². The number of primary amides is 1. The summed E-state index contributed by atoms with van der Waals surface area (Å²) < 4.78 is 6.39. The highest BCUT2D eigenvalue weighted by atomic mass is 16.6. The molecule has 2 aromatic rings. The maximum Gasteiger partial charge on any atom is 0.411 e. The lowest BCUT2D eigenvalue weighted by molar-refractivity contribution is 0.209. The van der Waals surface area contributed by atoms with Crippen molar-refractivity contribution in [3.05, 3.63) is 23.8 Å². The number of hydrogen-bond donors (Lipinski definition) is 2. The highest BCUT2D eigenvalue weighted by Crippen LogP contribution is 2.22. The van der Waals surface area contributed by atoms with Crippen LogP contribution in [0.1, 0.15) is 18.3 Å². The van der Waals surface area contributed by atoms with Crippen molar-refractivity contribution in [1.29, 1.82) is 0 Å². The van der Waals surface area contributed by atoms with Gasteiger partial charge >= 0.3 is 6.09 Å². The number of nitrogens with two attached hydrogens (primary N) is 1. The van der Waals surface area contributed by atoms with Crippen LogP contribution in [0.4, 0.5) is 10.5 Å². The zero-order valence-corrected chi connectivity index (χ0v) is 11.5. The molecule has 0 fully saturated rings. The number of rotatable bonds is 4. The van der Waals surface area contributed by atoms with Gasteiger partial charge in [-0.3, -0.25) is 0 Å². The van der Waals surface area contributed by atoms with Crippen LogP contribution in [0.15, 0.2) is 12.4 Å². The van der Waals surface area contributed by atoms with E-state index in [1.807, 2.05) is 20.8 Å². The lowest BCUT2D eigenvalue weighted by atomic mass is 10.3. The number of nitrogens with zero attached hydrogens (tertiary/aromatic N) is 4. The first-order valence-electron chi connectivity index (χ1n) is 6.12. The quantitative estimate of drug-likeness (QED) is 0.867. The minimum absolute atomic E-state index is 0.0834. The summed E-state index contributed by atoms with van der Waals surface area (Å²) in [5.74, 6) is 0.584. The number of carbonyl (C=O) groups excluding carboxylic acids is 1. The Balaban J connectivity index is 2.41. The third kappa shape index (κ3) is 2.68. The Labute approximate surface area is 116 Å². The Hall–Kier alpha value is -2.64. The molecule has 2 heterocycles. The number of hydrogen-bond acceptors (Lipinski definition) is 6. The molecule has 8 nitrogen and oxygen atoms in total. The fourth-order valence-corrected chi connectivity index (χ4v) is 1.90. The zero-order chi connectivity index (χ0) is 14.7. The fourth-order valence-electron chi connectivity index (χ4n) is 1.90. The summed E-state index contributed by atoms with van der Waals surface area (Å²) in [5, 5.41) is 7.66. The Morgan fingerprint density at radius 1 is 1.45 bits per heavy atom. The van der Waals surface area contributed by atoms with Crippen LogP contribution in [0.25, 0.3) is 5.82 Å². The fraction of sp³-hybridized carbons (Fsp3) is 0.333. The summed E-state index contributed by atoms with van der Waals surface area (Å²) in [6.45, 7) is 6.64. The molecule has 2 rings (SSSR count). The predicted octanol–water partition coefficient (Wildman–Crippen LogP) is 1.17. The van der Waals surface area contributed by atoms with E-state index in [4.69, 9.17) is 10.5 Å². The van der Waals surface area contributed by atoms with E-state index in [1.54, 1.807) is 4.68 Å². The van der Waals surface area contributed by atoms with Crippen molar-refractivity contribution in [2.24, 2.45) is 5.73 Å². The highest BCUT2D eigenvalue weighted by molar-refractivity contribution is 5.67. The molecule has 106 valence electrons. The molecule has 0 unspecified atom stereocenters. The molecule has 0 aliphatic rings. The number of ether oxygens (including phenoxy) is 1. The number of nitrogens with one attached hydrogen (secondary N) is 1. The summed E-state index contributed by atoms with van der Waals surface area (Å²) in [6.07, 6.45) is 0.369. The van der Waals surface area contributed by atoms with Gasteiger partial charge in [0, 0.05) is 12.6 Å². The van der Waals surface area contributed by atoms with Crippen LogP contribution >= 0.6 is 0 Å². The van der Waals surface area contributed by atoms with E-state index >= 15 is 0 Å². The Morgan fingerprint density at radius 2 is 2.20 bits per heavy atom. The average Bonchev–Trinajstić information content (AvgIpc) is 2.67. The molecule has 0 radical (unpaired) electrons. The van der Waals surface area contributed by atoms with Crippen LogP contribution < -0.4 is 15.8 Å². The molecule has 0 bridgehead atoms. The largest absolute Gasteiger partial charge is 0.411 e. The van der Waals surface area contributed by atoms with E-state index in [1.165, 1.54) is 12.4 Å². The predicted molar refractivity (Wildman–Crippen MR) is 73.0 cm³/mol. The number of aryl methyl sites for hydroxylation is 1. The molecule has 1 amide bonds. The van der Waals surface area contributed by atoms with E-state index < -0.39 is 6.09 Å². The summed E-state index contributed by atoms with van der Waals surface area (Å²) in [6, 6.07) is 1.50. The van der Waals surface area contributed by atoms with E-state index in [9.17, 15) is 4.79 Å². The lowest BCUT2D eigenvalue weighted by Gasteiger charge is -2.06. The molecule has 0 aliphatic carbocycles. The van der Waals surface area contributed by atoms with Crippen LogP contribution in [0.2, 0.25) is 0 Å². The monoisotopic (exact) mass is 276 g/mol. The number of carbonyl (C=O) groups is 1. The third-order valence-electron chi connectivity index (χ3n) is 2.69. The topological polar surface area (TPSA) is 108 Å². The standard InChI is InChI=1S/C12H16N6O2/c1-4-14-11-7(2)17-18(8(11)3)9-5-10(16-6-15-9)20-12(13)19/h5-6,14H,4H2,1-3H3,(H2,13,19). The second kappa shape index (κ2) is 5.55. The van der Waals surface area contributed by atoms with Gasteiger partial charge in [-0.15, -0.1) is 0 Å². The van der Waals surface area contributed by atoms with E-state index in [2.05, 4.69) is 20.4 Å². The van der Waals surface area contributed by atoms with E-state index in [0.717, 1.165) is 23.6 Å². The van der Waals surface area contributed by atoms with Gasteiger partial charge in [0.2, 0.25) is 5.88 Å². The molecule has 8 heteroatoms. The molecular weight excluding hydrogens is 260 g/mol. The molecule has 3 N–H and O–H groups in total. The Kier molecular flexibility index (Phi) is 3.83. The van der Waals surface area contributed by atoms with Gasteiger partial charge < -0.3 is 15.8 Å². The number of amides is 1. The maximum absolute atomic E-state index is 10.7. The highest BCUT2D eigenvalue weighted by Gasteiger charge is 2.14. The van der Waals surface area contributed by atoms with Crippen molar-refractivity contribution in [1.82, 2.24) is 19.7 Å². The lowest BCUT2D eigenvalue weighted by Crippen LogP contribution is -2.17. The van der Waals surface area contributed by atoms with Crippen molar-refractivity contribution in [2.75, 3.05) is 11.9 Å². The van der Waals surface area contributed by atoms with Gasteiger partial charge in [0.05, 0.1) is 17.1 Å². The Bertz CT molecular complexity index is 637. The minimum Gasteiger partial charge on any atom is -0.391 e. The van der Waals surface area contributed by atoms with Gasteiger partial charge in [-0.25, -0.2) is 19.4 Å². The van der Waals surface area contributed by atoms with Crippen molar-refractivity contribution >= 4 is 11.8 Å². The molecule has 0 saturated carbocycles. The molecule has 2 aromatic heterocycles. The molecule has 0 atom stereocenters. The minimum atomic E-state index is -0.920. The second-order valence-electron chi connectivity index (χ2n) is 4.12. The third-order valence-corrected chi connectivity index (χ3v) is 2.69. The van der Waals surface area contributed by atoms with Crippen molar-refractivity contribution in [3.63, 3.8) is 0 Å². The first-order valence-corrected chi connectivity index (χ1v) is 6.12. The first kappa shape index (κ1) is 13.8. The number of anilines is 1. The smallest absolute Gasteiger partial charge is 0.391 e. The molecule has 20 heavy (non-hydrogen) atoms. The molecule has 0 aliphatic heterocycles. The average molecular weight is 276 g/mol. The normalized spacial score (nSPS) is 10.3. The van der Waals surface area contributed by atoms with Crippen LogP contribution in [0.3, 0.4) is 0 Å². The summed E-state index contributed by atoms with van der Waals surface area (Å²) in [5.41, 5.74) is 7.69. The molecular formula is C12H16N6O2. The van der Waals surface area contributed by atoms with Gasteiger partial charge in [-0.1, -0.05) is 0 Å². The van der Waals surface area contributed by atoms with Crippen LogP contribution in [-0.2, 0) is 0 Å². The summed E-state index contributed by atoms with van der Waals surface area (Å²) in [7, 11) is 0. The van der Waals surface area contributed by atoms with Gasteiger partial charge in [0.15, 0.2) is 5.82 Å². The van der Waals surface area contributed by atoms with E-state index in [-0.39, 0.29) is 5.88 Å². The van der Waals surface area contributed by atoms with E-state index in [0.29, 0.717) is 5.82 Å². The van der Waals surface area contributed by atoms with Gasteiger partial charge in [0.25, 0.3) is 0 Å². The number of aromatic nitrogens is 4.